The number of halogens is 1. The Balaban J connectivity index is 0. The van der Waals surface area contributed by atoms with E-state index < -0.39 is 0 Å². The molecule has 0 saturated carbocycles. The third-order valence-electron chi connectivity index (χ3n) is 0.624. The molecular weight excluding hydrogens is 249 g/mol. The van der Waals surface area contributed by atoms with Crippen LogP contribution in [0, 0.1) is 0 Å². The Morgan fingerprint density at radius 1 is 1.50 bits per heavy atom. The van der Waals surface area contributed by atoms with E-state index in [-0.39, 0.29) is 28.6 Å². The summed E-state index contributed by atoms with van der Waals surface area (Å²) in [4.78, 5) is 10.6. The van der Waals surface area contributed by atoms with Crippen molar-refractivity contribution < 1.29 is 27.8 Å². The van der Waals surface area contributed by atoms with Crippen LogP contribution in [0.25, 0.3) is 0 Å². The summed E-state index contributed by atoms with van der Waals surface area (Å²) < 4.78 is 4.98. The zero-order chi connectivity index (χ0) is 7.49. The zero-order valence-electron chi connectivity index (χ0n) is 6.64. The van der Waals surface area contributed by atoms with Gasteiger partial charge in [0.15, 0.2) is 0 Å². The number of carbonyl (C=O) groups excluding carboxylic acids is 1. The van der Waals surface area contributed by atoms with E-state index in [1.165, 1.54) is 0 Å². The fourth-order valence-electron chi connectivity index (χ4n) is 0.393. The average molecular weight is 261 g/mol. The molecule has 0 spiro atoms. The van der Waals surface area contributed by atoms with Gasteiger partial charge in [0.05, 0.1) is 0 Å². The molecule has 0 saturated heterocycles. The van der Waals surface area contributed by atoms with Gasteiger partial charge in [-0.15, -0.1) is 17.0 Å². The molecule has 57 valence electrons. The molecule has 0 aliphatic rings. The molecular formula is C6H12BrO2Zn. The van der Waals surface area contributed by atoms with Crippen molar-refractivity contribution in [3.8, 4) is 0 Å². The van der Waals surface area contributed by atoms with E-state index in [4.69, 9.17) is 4.74 Å². The summed E-state index contributed by atoms with van der Waals surface area (Å²) in [6.07, 6.45) is 0. The predicted octanol–water partition coefficient (Wildman–Crippen LogP) is 1.87. The molecule has 0 heterocycles. The van der Waals surface area contributed by atoms with Gasteiger partial charge in [0.2, 0.25) is 0 Å². The molecule has 2 nitrogen and oxygen atoms in total. The first-order chi connectivity index (χ1) is 3.95. The van der Waals surface area contributed by atoms with Crippen LogP contribution < -0.4 is 0 Å². The van der Waals surface area contributed by atoms with Gasteiger partial charge in [-0.3, -0.25) is 0 Å². The number of hydrogen-bond acceptors (Lipinski definition) is 2. The maximum absolute atomic E-state index is 10.6. The number of carbonyl (C=O) groups is 1. The topological polar surface area (TPSA) is 26.3 Å². The number of rotatable bonds is 1. The zero-order valence-corrected chi connectivity index (χ0v) is 11.3. The third-order valence-corrected chi connectivity index (χ3v) is 1.48. The Hall–Kier alpha value is 0.573. The molecule has 0 atom stereocenters. The quantitative estimate of drug-likeness (QED) is 0.532. The second-order valence-electron chi connectivity index (χ2n) is 2.84. The molecule has 0 bridgehead atoms. The van der Waals surface area contributed by atoms with Gasteiger partial charge in [-0.25, -0.2) is 0 Å². The van der Waals surface area contributed by atoms with Crippen LogP contribution in [0.3, 0.4) is 0 Å². The fraction of sp³-hybridized carbons (Fsp3) is 0.833. The molecule has 10 heavy (non-hydrogen) atoms. The monoisotopic (exact) mass is 259 g/mol. The van der Waals surface area contributed by atoms with E-state index in [0.717, 1.165) is 18.3 Å². The molecule has 0 aromatic rings. The summed E-state index contributed by atoms with van der Waals surface area (Å²) in [5, 5.41) is 0.581. The molecule has 0 aromatic carbocycles. The van der Waals surface area contributed by atoms with Gasteiger partial charge in [0, 0.05) is 0 Å². The van der Waals surface area contributed by atoms with E-state index in [2.05, 4.69) is 0 Å². The van der Waals surface area contributed by atoms with Crippen molar-refractivity contribution in [3.63, 3.8) is 0 Å². The summed E-state index contributed by atoms with van der Waals surface area (Å²) in [6, 6.07) is 0. The first-order valence-electron chi connectivity index (χ1n) is 2.97. The van der Waals surface area contributed by atoms with Crippen LogP contribution in [0.5, 0.6) is 0 Å². The average Bonchev–Trinajstić information content (AvgIpc) is 1.62. The van der Waals surface area contributed by atoms with Gasteiger partial charge in [0.25, 0.3) is 0 Å². The van der Waals surface area contributed by atoms with Crippen LogP contribution in [-0.4, -0.2) is 11.6 Å². The first kappa shape index (κ1) is 13.2. The number of esters is 1. The predicted molar refractivity (Wildman–Crippen MR) is 41.0 cm³/mol. The van der Waals surface area contributed by atoms with Crippen molar-refractivity contribution in [1.29, 1.82) is 0 Å². The van der Waals surface area contributed by atoms with E-state index in [1.54, 1.807) is 0 Å². The Labute approximate surface area is 82.2 Å². The molecule has 0 aliphatic heterocycles. The van der Waals surface area contributed by atoms with Crippen LogP contribution in [-0.2, 0) is 27.8 Å². The minimum absolute atomic E-state index is 0. The molecule has 0 radical (unpaired) electrons. The first-order valence-corrected chi connectivity index (χ1v) is 5.06. The van der Waals surface area contributed by atoms with Crippen molar-refractivity contribution in [2.75, 3.05) is 0 Å². The third kappa shape index (κ3) is 8.57. The van der Waals surface area contributed by atoms with E-state index >= 15 is 0 Å². The molecule has 0 N–H and O–H groups in total. The van der Waals surface area contributed by atoms with Gasteiger partial charge in [-0.1, -0.05) is 0 Å². The van der Waals surface area contributed by atoms with Gasteiger partial charge in [0.1, 0.15) is 0 Å². The number of hydrogen-bond donors (Lipinski definition) is 0. The normalized spacial score (nSPS) is 10.1. The van der Waals surface area contributed by atoms with Crippen molar-refractivity contribution in [1.82, 2.24) is 0 Å². The fourth-order valence-corrected chi connectivity index (χ4v) is 0.607. The van der Waals surface area contributed by atoms with Crippen LogP contribution in [0.4, 0.5) is 0 Å². The van der Waals surface area contributed by atoms with Crippen LogP contribution in [0.2, 0.25) is 5.02 Å². The standard InChI is InChI=1S/C6H11O2.BrH.Zn/c1-5(7)8-6(2,3)4;;/h1H2,2-4H3;1H;. The van der Waals surface area contributed by atoms with Gasteiger partial charge in [-0.05, 0) is 0 Å². The molecule has 4 heteroatoms. The van der Waals surface area contributed by atoms with Gasteiger partial charge < -0.3 is 0 Å². The van der Waals surface area contributed by atoms with Crippen LogP contribution in [0.15, 0.2) is 0 Å². The minimum atomic E-state index is -0.306. The Kier molecular flexibility index (Phi) is 6.93. The second kappa shape index (κ2) is 5.25. The SMILES string of the molecule is Br.CC(C)(C)OC(=O)[CH2][Zn]. The molecule has 0 fully saturated rings. The van der Waals surface area contributed by atoms with E-state index in [0.29, 0.717) is 5.02 Å². The number of ether oxygens (including phenoxy) is 1. The Bertz CT molecular complexity index is 109. The summed E-state index contributed by atoms with van der Waals surface area (Å²) in [5.74, 6) is -0.0810. The van der Waals surface area contributed by atoms with Crippen LogP contribution in [0.1, 0.15) is 20.8 Å². The second-order valence-corrected chi connectivity index (χ2v) is 3.89. The van der Waals surface area contributed by atoms with Gasteiger partial charge in [-0.2, -0.15) is 0 Å². The summed E-state index contributed by atoms with van der Waals surface area (Å²) in [7, 11) is 0. The van der Waals surface area contributed by atoms with Crippen molar-refractivity contribution >= 4 is 23.0 Å². The van der Waals surface area contributed by atoms with Crippen LogP contribution >= 0.6 is 17.0 Å². The molecule has 0 unspecified atom stereocenters. The van der Waals surface area contributed by atoms with E-state index in [1.807, 2.05) is 20.8 Å². The van der Waals surface area contributed by atoms with Crippen molar-refractivity contribution in [3.05, 3.63) is 0 Å². The maximum atomic E-state index is 10.6. The van der Waals surface area contributed by atoms with Crippen molar-refractivity contribution in [2.45, 2.75) is 31.4 Å². The Morgan fingerprint density at radius 2 is 1.90 bits per heavy atom. The van der Waals surface area contributed by atoms with E-state index in [9.17, 15) is 4.79 Å². The molecule has 0 aliphatic carbocycles. The molecule has 0 aromatic heterocycles. The summed E-state index contributed by atoms with van der Waals surface area (Å²) in [6.45, 7) is 5.63. The molecule has 0 amide bonds. The molecule has 0 rings (SSSR count). The summed E-state index contributed by atoms with van der Waals surface area (Å²) in [5.41, 5.74) is -0.306. The van der Waals surface area contributed by atoms with Gasteiger partial charge >= 0.3 is 65.2 Å². The summed E-state index contributed by atoms with van der Waals surface area (Å²) >= 11 is 0.981. The van der Waals surface area contributed by atoms with Crippen molar-refractivity contribution in [2.24, 2.45) is 0 Å². The Morgan fingerprint density at radius 3 is 2.00 bits per heavy atom.